The minimum Gasteiger partial charge on any atom is -0.435 e. The zero-order valence-corrected chi connectivity index (χ0v) is 12.1. The zero-order valence-electron chi connectivity index (χ0n) is 12.1. The van der Waals surface area contributed by atoms with Gasteiger partial charge in [0.2, 0.25) is 0 Å². The molecule has 0 unspecified atom stereocenters. The van der Waals surface area contributed by atoms with Gasteiger partial charge < -0.3 is 9.15 Å². The Bertz CT molecular complexity index is 798. The number of nitrogens with zero attached hydrogens (tertiary/aromatic N) is 2. The molecule has 118 valence electrons. The van der Waals surface area contributed by atoms with Crippen LogP contribution in [0.1, 0.15) is 10.4 Å². The Hall–Kier alpha value is -2.96. The van der Waals surface area contributed by atoms with E-state index in [1.807, 2.05) is 6.07 Å². The Labute approximate surface area is 130 Å². The highest BCUT2D eigenvalue weighted by atomic mass is 19.3. The molecule has 2 aromatic carbocycles. The molecule has 0 aliphatic carbocycles. The third kappa shape index (κ3) is 3.13. The third-order valence-corrected chi connectivity index (χ3v) is 3.20. The van der Waals surface area contributed by atoms with Crippen molar-refractivity contribution in [3.8, 4) is 5.75 Å². The van der Waals surface area contributed by atoms with Crippen molar-refractivity contribution in [2.75, 3.05) is 11.9 Å². The van der Waals surface area contributed by atoms with Crippen molar-refractivity contribution < 1.29 is 22.7 Å². The van der Waals surface area contributed by atoms with Crippen LogP contribution in [0.15, 0.2) is 52.9 Å². The molecule has 1 aromatic heterocycles. The summed E-state index contributed by atoms with van der Waals surface area (Å²) in [6, 6.07) is 12.7. The summed E-state index contributed by atoms with van der Waals surface area (Å²) in [5, 5.41) is 0. The molecule has 0 aliphatic rings. The van der Waals surface area contributed by atoms with E-state index in [-0.39, 0.29) is 17.7 Å². The molecule has 3 aromatic rings. The molecule has 0 aliphatic heterocycles. The molecule has 0 atom stereocenters. The molecule has 5 nitrogen and oxygen atoms in total. The number of anilines is 1. The van der Waals surface area contributed by atoms with Gasteiger partial charge in [-0.3, -0.25) is 9.69 Å². The van der Waals surface area contributed by atoms with Crippen LogP contribution in [0.4, 0.5) is 14.8 Å². The molecule has 1 amide bonds. The van der Waals surface area contributed by atoms with Crippen LogP contribution in [0.25, 0.3) is 11.1 Å². The number of hydrogen-bond acceptors (Lipinski definition) is 4. The van der Waals surface area contributed by atoms with Gasteiger partial charge in [-0.05, 0) is 36.4 Å². The Morgan fingerprint density at radius 1 is 1.17 bits per heavy atom. The molecule has 7 heteroatoms. The SMILES string of the molecule is CN(C(=O)c1ccc(OC(F)F)cc1)c1nc2ccccc2o1. The summed E-state index contributed by atoms with van der Waals surface area (Å²) in [6.07, 6.45) is 0. The maximum absolute atomic E-state index is 12.4. The minimum atomic E-state index is -2.90. The van der Waals surface area contributed by atoms with Gasteiger partial charge >= 0.3 is 12.6 Å². The Morgan fingerprint density at radius 2 is 1.87 bits per heavy atom. The Balaban J connectivity index is 1.81. The number of ether oxygens (including phenoxy) is 1. The van der Waals surface area contributed by atoms with Crippen LogP contribution in [-0.2, 0) is 0 Å². The number of fused-ring (bicyclic) bond motifs is 1. The second kappa shape index (κ2) is 6.04. The fraction of sp³-hybridized carbons (Fsp3) is 0.125. The highest BCUT2D eigenvalue weighted by Gasteiger charge is 2.19. The molecular weight excluding hydrogens is 306 g/mol. The van der Waals surface area contributed by atoms with Gasteiger partial charge in [0.15, 0.2) is 5.58 Å². The summed E-state index contributed by atoms with van der Waals surface area (Å²) in [7, 11) is 1.52. The molecular formula is C16H12F2N2O3. The van der Waals surface area contributed by atoms with Gasteiger partial charge in [0.25, 0.3) is 5.91 Å². The molecule has 3 rings (SSSR count). The van der Waals surface area contributed by atoms with Crippen molar-refractivity contribution in [2.24, 2.45) is 0 Å². The van der Waals surface area contributed by atoms with Gasteiger partial charge in [-0.1, -0.05) is 12.1 Å². The molecule has 1 heterocycles. The van der Waals surface area contributed by atoms with Crippen molar-refractivity contribution in [1.29, 1.82) is 0 Å². The van der Waals surface area contributed by atoms with Gasteiger partial charge in [0.1, 0.15) is 11.3 Å². The summed E-state index contributed by atoms with van der Waals surface area (Å²) in [4.78, 5) is 17.9. The molecule has 0 fully saturated rings. The molecule has 0 bridgehead atoms. The molecule has 0 saturated heterocycles. The van der Waals surface area contributed by atoms with Crippen LogP contribution in [0.2, 0.25) is 0 Å². The minimum absolute atomic E-state index is 0.0129. The number of para-hydroxylation sites is 2. The first-order valence-electron chi connectivity index (χ1n) is 6.73. The van der Waals surface area contributed by atoms with Crippen molar-refractivity contribution in [3.63, 3.8) is 0 Å². The smallest absolute Gasteiger partial charge is 0.387 e. The monoisotopic (exact) mass is 318 g/mol. The molecule has 0 N–H and O–H groups in total. The Kier molecular flexibility index (Phi) is 3.92. The van der Waals surface area contributed by atoms with Crippen LogP contribution in [0.3, 0.4) is 0 Å². The number of alkyl halides is 2. The fourth-order valence-corrected chi connectivity index (χ4v) is 2.06. The number of halogens is 2. The van der Waals surface area contributed by atoms with Gasteiger partial charge in [-0.15, -0.1) is 0 Å². The number of oxazole rings is 1. The summed E-state index contributed by atoms with van der Waals surface area (Å²) >= 11 is 0. The van der Waals surface area contributed by atoms with Gasteiger partial charge in [-0.2, -0.15) is 13.8 Å². The molecule has 0 spiro atoms. The number of rotatable bonds is 4. The van der Waals surface area contributed by atoms with Crippen molar-refractivity contribution in [2.45, 2.75) is 6.61 Å². The van der Waals surface area contributed by atoms with E-state index in [4.69, 9.17) is 4.42 Å². The highest BCUT2D eigenvalue weighted by Crippen LogP contribution is 2.22. The standard InChI is InChI=1S/C16H12F2N2O3/c1-20(16-19-12-4-2-3-5-13(12)23-16)14(21)10-6-8-11(9-7-10)22-15(17)18/h2-9,15H,1H3. The summed E-state index contributed by atoms with van der Waals surface area (Å²) < 4.78 is 34.0. The van der Waals surface area contributed by atoms with Crippen LogP contribution < -0.4 is 9.64 Å². The first-order chi connectivity index (χ1) is 11.0. The van der Waals surface area contributed by atoms with E-state index < -0.39 is 6.61 Å². The predicted molar refractivity (Wildman–Crippen MR) is 79.8 cm³/mol. The maximum atomic E-state index is 12.4. The van der Waals surface area contributed by atoms with E-state index in [0.717, 1.165) is 0 Å². The van der Waals surface area contributed by atoms with E-state index in [9.17, 15) is 13.6 Å². The Morgan fingerprint density at radius 3 is 2.52 bits per heavy atom. The summed E-state index contributed by atoms with van der Waals surface area (Å²) in [6.45, 7) is -2.90. The largest absolute Gasteiger partial charge is 0.435 e. The lowest BCUT2D eigenvalue weighted by Gasteiger charge is -2.12. The van der Waals surface area contributed by atoms with Gasteiger partial charge in [-0.25, -0.2) is 0 Å². The number of carbonyl (C=O) groups excluding carboxylic acids is 1. The number of carbonyl (C=O) groups is 1. The van der Waals surface area contributed by atoms with E-state index in [1.54, 1.807) is 18.2 Å². The average molecular weight is 318 g/mol. The molecule has 23 heavy (non-hydrogen) atoms. The fourth-order valence-electron chi connectivity index (χ4n) is 2.06. The van der Waals surface area contributed by atoms with E-state index in [2.05, 4.69) is 9.72 Å². The van der Waals surface area contributed by atoms with Crippen LogP contribution in [0.5, 0.6) is 5.75 Å². The zero-order chi connectivity index (χ0) is 16.4. The number of benzene rings is 2. The van der Waals surface area contributed by atoms with Crippen LogP contribution in [0, 0.1) is 0 Å². The lowest BCUT2D eigenvalue weighted by atomic mass is 10.2. The molecule has 0 radical (unpaired) electrons. The lowest BCUT2D eigenvalue weighted by Crippen LogP contribution is -2.26. The number of hydrogen-bond donors (Lipinski definition) is 0. The van der Waals surface area contributed by atoms with Crippen molar-refractivity contribution >= 4 is 23.0 Å². The topological polar surface area (TPSA) is 55.6 Å². The number of aromatic nitrogens is 1. The predicted octanol–water partition coefficient (Wildman–Crippen LogP) is 3.71. The third-order valence-electron chi connectivity index (χ3n) is 3.20. The van der Waals surface area contributed by atoms with Crippen molar-refractivity contribution in [3.05, 3.63) is 54.1 Å². The number of amides is 1. The second-order valence-corrected chi connectivity index (χ2v) is 4.73. The van der Waals surface area contributed by atoms with Crippen LogP contribution in [-0.4, -0.2) is 24.6 Å². The van der Waals surface area contributed by atoms with Crippen molar-refractivity contribution in [1.82, 2.24) is 4.98 Å². The maximum Gasteiger partial charge on any atom is 0.387 e. The molecule has 0 saturated carbocycles. The summed E-state index contributed by atoms with van der Waals surface area (Å²) in [5.74, 6) is -0.388. The van der Waals surface area contributed by atoms with E-state index in [0.29, 0.717) is 16.7 Å². The van der Waals surface area contributed by atoms with Gasteiger partial charge in [0.05, 0.1) is 0 Å². The second-order valence-electron chi connectivity index (χ2n) is 4.73. The van der Waals surface area contributed by atoms with Crippen LogP contribution >= 0.6 is 0 Å². The lowest BCUT2D eigenvalue weighted by molar-refractivity contribution is -0.0498. The van der Waals surface area contributed by atoms with E-state index >= 15 is 0 Å². The average Bonchev–Trinajstić information content (AvgIpc) is 2.97. The first kappa shape index (κ1) is 15.0. The summed E-state index contributed by atoms with van der Waals surface area (Å²) in [5.41, 5.74) is 1.52. The van der Waals surface area contributed by atoms with E-state index in [1.165, 1.54) is 36.2 Å². The quantitative estimate of drug-likeness (QED) is 0.736. The first-order valence-corrected chi connectivity index (χ1v) is 6.73. The highest BCUT2D eigenvalue weighted by molar-refractivity contribution is 6.05. The normalized spacial score (nSPS) is 11.0. The van der Waals surface area contributed by atoms with Gasteiger partial charge in [0, 0.05) is 12.6 Å².